The maximum absolute atomic E-state index is 12.8. The van der Waals surface area contributed by atoms with Crippen LogP contribution < -0.4 is 5.32 Å². The molecule has 102 valence electrons. The van der Waals surface area contributed by atoms with Gasteiger partial charge in [0.25, 0.3) is 0 Å². The predicted molar refractivity (Wildman–Crippen MR) is 72.2 cm³/mol. The summed E-state index contributed by atoms with van der Waals surface area (Å²) in [6.07, 6.45) is -4.50. The molecule has 0 aromatic carbocycles. The van der Waals surface area contributed by atoms with Gasteiger partial charge in [-0.2, -0.15) is 24.5 Å². The number of aromatic nitrogens is 2. The highest BCUT2D eigenvalue weighted by atomic mass is 79.9. The molecule has 0 aliphatic carbocycles. The normalized spacial score (nSPS) is 11.6. The first-order valence-electron chi connectivity index (χ1n) is 5.34. The Kier molecular flexibility index (Phi) is 4.10. The van der Waals surface area contributed by atoms with Crippen molar-refractivity contribution in [2.24, 2.45) is 0 Å². The van der Waals surface area contributed by atoms with Gasteiger partial charge in [-0.25, -0.2) is 9.97 Å². The predicted octanol–water partition coefficient (Wildman–Crippen LogP) is 4.42. The summed E-state index contributed by atoms with van der Waals surface area (Å²) in [4.78, 5) is 7.57. The number of hydrogen-bond acceptors (Lipinski definition) is 4. The molecule has 3 nitrogen and oxygen atoms in total. The summed E-state index contributed by atoms with van der Waals surface area (Å²) < 4.78 is 39.1. The van der Waals surface area contributed by atoms with Gasteiger partial charge in [-0.15, -0.1) is 0 Å². The van der Waals surface area contributed by atoms with Gasteiger partial charge in [-0.1, -0.05) is 0 Å². The first-order chi connectivity index (χ1) is 8.91. The van der Waals surface area contributed by atoms with E-state index in [0.717, 1.165) is 6.07 Å². The van der Waals surface area contributed by atoms with E-state index in [2.05, 4.69) is 31.2 Å². The van der Waals surface area contributed by atoms with Crippen molar-refractivity contribution in [1.82, 2.24) is 9.97 Å². The fraction of sp³-hybridized carbons (Fsp3) is 0.273. The second-order valence-electron chi connectivity index (χ2n) is 3.62. The lowest BCUT2D eigenvalue weighted by atomic mass is 10.2. The molecule has 2 aromatic heterocycles. The standard InChI is InChI=1S/C11H9BrF3N3S/c1-2-16-10-17-8(6-4-19-5-7(6)12)3-9(18-10)11(13,14)15/h3-5H,2H2,1H3,(H,16,17,18). The Bertz CT molecular complexity index is 583. The van der Waals surface area contributed by atoms with Gasteiger partial charge in [0.1, 0.15) is 0 Å². The van der Waals surface area contributed by atoms with Crippen LogP contribution in [0, 0.1) is 0 Å². The summed E-state index contributed by atoms with van der Waals surface area (Å²) in [7, 11) is 0. The van der Waals surface area contributed by atoms with Gasteiger partial charge >= 0.3 is 6.18 Å². The van der Waals surface area contributed by atoms with E-state index in [1.54, 1.807) is 17.7 Å². The van der Waals surface area contributed by atoms with Gasteiger partial charge in [-0.05, 0) is 28.9 Å². The third-order valence-corrected chi connectivity index (χ3v) is 3.94. The van der Waals surface area contributed by atoms with E-state index in [1.807, 2.05) is 0 Å². The molecule has 0 radical (unpaired) electrons. The Morgan fingerprint density at radius 3 is 2.58 bits per heavy atom. The van der Waals surface area contributed by atoms with E-state index >= 15 is 0 Å². The number of anilines is 1. The Morgan fingerprint density at radius 2 is 2.05 bits per heavy atom. The zero-order chi connectivity index (χ0) is 14.0. The lowest BCUT2D eigenvalue weighted by Gasteiger charge is -2.10. The molecule has 1 N–H and O–H groups in total. The number of rotatable bonds is 3. The van der Waals surface area contributed by atoms with Crippen molar-refractivity contribution in [2.75, 3.05) is 11.9 Å². The van der Waals surface area contributed by atoms with E-state index in [1.165, 1.54) is 11.3 Å². The molecular weight excluding hydrogens is 343 g/mol. The van der Waals surface area contributed by atoms with Crippen LogP contribution in [0.15, 0.2) is 21.3 Å². The molecule has 0 amide bonds. The van der Waals surface area contributed by atoms with Crippen LogP contribution in [0.5, 0.6) is 0 Å². The van der Waals surface area contributed by atoms with Gasteiger partial charge in [0.2, 0.25) is 5.95 Å². The highest BCUT2D eigenvalue weighted by molar-refractivity contribution is 9.10. The van der Waals surface area contributed by atoms with Crippen molar-refractivity contribution in [2.45, 2.75) is 13.1 Å². The zero-order valence-electron chi connectivity index (χ0n) is 9.75. The van der Waals surface area contributed by atoms with Gasteiger partial charge in [0, 0.05) is 27.3 Å². The van der Waals surface area contributed by atoms with Gasteiger partial charge < -0.3 is 5.32 Å². The summed E-state index contributed by atoms with van der Waals surface area (Å²) in [6, 6.07) is 0.952. The molecule has 0 saturated carbocycles. The van der Waals surface area contributed by atoms with Crippen LogP contribution in [0.3, 0.4) is 0 Å². The molecular formula is C11H9BrF3N3S. The Balaban J connectivity index is 2.55. The molecule has 19 heavy (non-hydrogen) atoms. The molecule has 0 saturated heterocycles. The minimum absolute atomic E-state index is 0.0228. The number of alkyl halides is 3. The van der Waals surface area contributed by atoms with Crippen LogP contribution in [-0.4, -0.2) is 16.5 Å². The molecule has 0 atom stereocenters. The molecule has 0 spiro atoms. The summed E-state index contributed by atoms with van der Waals surface area (Å²) in [6.45, 7) is 2.22. The van der Waals surface area contributed by atoms with Crippen LogP contribution in [0.4, 0.5) is 19.1 Å². The van der Waals surface area contributed by atoms with E-state index in [9.17, 15) is 13.2 Å². The molecule has 0 fully saturated rings. The van der Waals surface area contributed by atoms with E-state index in [-0.39, 0.29) is 11.6 Å². The Morgan fingerprint density at radius 1 is 1.32 bits per heavy atom. The molecule has 0 aliphatic heterocycles. The molecule has 2 aromatic rings. The third kappa shape index (κ3) is 3.24. The molecule has 2 rings (SSSR count). The topological polar surface area (TPSA) is 37.8 Å². The second-order valence-corrected chi connectivity index (χ2v) is 5.22. The number of halogens is 4. The molecule has 8 heteroatoms. The quantitative estimate of drug-likeness (QED) is 0.889. The first kappa shape index (κ1) is 14.3. The van der Waals surface area contributed by atoms with Crippen molar-refractivity contribution in [3.63, 3.8) is 0 Å². The minimum Gasteiger partial charge on any atom is -0.354 e. The van der Waals surface area contributed by atoms with Crippen LogP contribution >= 0.6 is 27.3 Å². The minimum atomic E-state index is -4.50. The van der Waals surface area contributed by atoms with Crippen LogP contribution in [0.25, 0.3) is 11.3 Å². The maximum Gasteiger partial charge on any atom is 0.433 e. The van der Waals surface area contributed by atoms with Crippen molar-refractivity contribution in [1.29, 1.82) is 0 Å². The largest absolute Gasteiger partial charge is 0.433 e. The first-order valence-corrected chi connectivity index (χ1v) is 7.07. The summed E-state index contributed by atoms with van der Waals surface area (Å²) >= 11 is 4.67. The van der Waals surface area contributed by atoms with Crippen molar-refractivity contribution in [3.05, 3.63) is 27.0 Å². The maximum atomic E-state index is 12.8. The fourth-order valence-corrected chi connectivity index (χ4v) is 2.92. The van der Waals surface area contributed by atoms with Crippen LogP contribution in [-0.2, 0) is 6.18 Å². The highest BCUT2D eigenvalue weighted by Gasteiger charge is 2.34. The summed E-state index contributed by atoms with van der Waals surface area (Å²) in [5, 5.41) is 6.24. The Labute approximate surface area is 120 Å². The average Bonchev–Trinajstić information content (AvgIpc) is 2.74. The molecule has 0 bridgehead atoms. The molecule has 0 unspecified atom stereocenters. The number of thiophene rings is 1. The van der Waals surface area contributed by atoms with E-state index in [0.29, 0.717) is 16.6 Å². The van der Waals surface area contributed by atoms with Gasteiger partial charge in [-0.3, -0.25) is 0 Å². The summed E-state index contributed by atoms with van der Waals surface area (Å²) in [5.41, 5.74) is -0.0880. The van der Waals surface area contributed by atoms with Crippen molar-refractivity contribution in [3.8, 4) is 11.3 Å². The highest BCUT2D eigenvalue weighted by Crippen LogP contribution is 2.35. The van der Waals surface area contributed by atoms with E-state index in [4.69, 9.17) is 0 Å². The summed E-state index contributed by atoms with van der Waals surface area (Å²) in [5.74, 6) is -0.0228. The number of nitrogens with zero attached hydrogens (tertiary/aromatic N) is 2. The lowest BCUT2D eigenvalue weighted by Crippen LogP contribution is -2.12. The van der Waals surface area contributed by atoms with E-state index < -0.39 is 11.9 Å². The van der Waals surface area contributed by atoms with Crippen molar-refractivity contribution < 1.29 is 13.2 Å². The fourth-order valence-electron chi connectivity index (χ4n) is 1.43. The zero-order valence-corrected chi connectivity index (χ0v) is 12.2. The van der Waals surface area contributed by atoms with Gasteiger partial charge in [0.15, 0.2) is 5.69 Å². The SMILES string of the molecule is CCNc1nc(-c2cscc2Br)cc(C(F)(F)F)n1. The Hall–Kier alpha value is -1.15. The monoisotopic (exact) mass is 351 g/mol. The van der Waals surface area contributed by atoms with Crippen molar-refractivity contribution >= 4 is 33.2 Å². The third-order valence-electron chi connectivity index (χ3n) is 2.24. The number of nitrogens with one attached hydrogen (secondary N) is 1. The van der Waals surface area contributed by atoms with Gasteiger partial charge in [0.05, 0.1) is 5.69 Å². The molecule has 0 aliphatic rings. The molecule has 2 heterocycles. The average molecular weight is 352 g/mol. The van der Waals surface area contributed by atoms with Crippen LogP contribution in [0.1, 0.15) is 12.6 Å². The van der Waals surface area contributed by atoms with Crippen LogP contribution in [0.2, 0.25) is 0 Å². The smallest absolute Gasteiger partial charge is 0.354 e. The number of hydrogen-bond donors (Lipinski definition) is 1. The second kappa shape index (κ2) is 5.46. The lowest BCUT2D eigenvalue weighted by molar-refractivity contribution is -0.141.